The summed E-state index contributed by atoms with van der Waals surface area (Å²) < 4.78 is 1.15. The van der Waals surface area contributed by atoms with Crippen LogP contribution in [0.3, 0.4) is 0 Å². The van der Waals surface area contributed by atoms with Gasteiger partial charge in [0.25, 0.3) is 0 Å². The van der Waals surface area contributed by atoms with E-state index in [1.807, 2.05) is 24.3 Å². The van der Waals surface area contributed by atoms with Gasteiger partial charge in [0.1, 0.15) is 0 Å². The molecule has 0 bridgehead atoms. The monoisotopic (exact) mass is 278 g/mol. The van der Waals surface area contributed by atoms with Crippen LogP contribution in [0.1, 0.15) is 11.1 Å². The zero-order chi connectivity index (χ0) is 10.7. The molecule has 0 unspecified atom stereocenters. The Morgan fingerprint density at radius 3 is 2.13 bits per heavy atom. The molecule has 0 amide bonds. The summed E-state index contributed by atoms with van der Waals surface area (Å²) in [4.78, 5) is 1.05. The minimum atomic E-state index is 0.918. The van der Waals surface area contributed by atoms with E-state index >= 15 is 0 Å². The smallest absolute Gasteiger partial charge is 0.0210 e. The van der Waals surface area contributed by atoms with Gasteiger partial charge >= 0.3 is 0 Å². The molecule has 2 aromatic carbocycles. The molecule has 0 saturated heterocycles. The van der Waals surface area contributed by atoms with Crippen molar-refractivity contribution < 1.29 is 0 Å². The molecule has 76 valence electrons. The fourth-order valence-corrected chi connectivity index (χ4v) is 2.17. The van der Waals surface area contributed by atoms with Gasteiger partial charge in [0, 0.05) is 9.37 Å². The number of benzene rings is 2. The van der Waals surface area contributed by atoms with Crippen LogP contribution < -0.4 is 0 Å². The molecule has 0 nitrogen and oxygen atoms in total. The Bertz CT molecular complexity index is 422. The van der Waals surface area contributed by atoms with E-state index in [1.54, 1.807) is 0 Å². The molecule has 0 aromatic heterocycles. The molecule has 0 heterocycles. The van der Waals surface area contributed by atoms with E-state index in [2.05, 4.69) is 52.8 Å². The summed E-state index contributed by atoms with van der Waals surface area (Å²) in [6.45, 7) is 0. The van der Waals surface area contributed by atoms with Gasteiger partial charge in [0.05, 0.1) is 0 Å². The fourth-order valence-electron chi connectivity index (χ4n) is 1.51. The van der Waals surface area contributed by atoms with Crippen molar-refractivity contribution in [3.8, 4) is 0 Å². The molecule has 0 aliphatic heterocycles. The van der Waals surface area contributed by atoms with E-state index in [-0.39, 0.29) is 0 Å². The molecule has 0 N–H and O–H groups in total. The standard InChI is InChI=1S/C13H11BrS/c14-12-7-3-1-5-10(12)9-11-6-2-4-8-13(11)15/h1-8,15H,9H2. The van der Waals surface area contributed by atoms with E-state index in [0.29, 0.717) is 0 Å². The summed E-state index contributed by atoms with van der Waals surface area (Å²) in [6, 6.07) is 16.5. The molecule has 0 atom stereocenters. The largest absolute Gasteiger partial charge is 0.143 e. The summed E-state index contributed by atoms with van der Waals surface area (Å²) in [6.07, 6.45) is 0.918. The summed E-state index contributed by atoms with van der Waals surface area (Å²) in [7, 11) is 0. The maximum absolute atomic E-state index is 4.45. The highest BCUT2D eigenvalue weighted by Crippen LogP contribution is 2.22. The van der Waals surface area contributed by atoms with Crippen molar-refractivity contribution in [2.75, 3.05) is 0 Å². The molecule has 0 spiro atoms. The number of hydrogen-bond donors (Lipinski definition) is 1. The molecule has 2 heteroatoms. The van der Waals surface area contributed by atoms with Crippen molar-refractivity contribution >= 4 is 28.6 Å². The Hall–Kier alpha value is -0.730. The van der Waals surface area contributed by atoms with E-state index in [4.69, 9.17) is 0 Å². The Kier molecular flexibility index (Phi) is 3.49. The molecule has 2 rings (SSSR count). The second-order valence-corrected chi connectivity index (χ2v) is 4.73. The Balaban J connectivity index is 2.30. The van der Waals surface area contributed by atoms with E-state index in [9.17, 15) is 0 Å². The van der Waals surface area contributed by atoms with Crippen molar-refractivity contribution in [2.45, 2.75) is 11.3 Å². The van der Waals surface area contributed by atoms with Gasteiger partial charge < -0.3 is 0 Å². The molecule has 0 aliphatic rings. The van der Waals surface area contributed by atoms with E-state index < -0.39 is 0 Å². The summed E-state index contributed by atoms with van der Waals surface area (Å²) in [5.74, 6) is 0. The van der Waals surface area contributed by atoms with Crippen LogP contribution in [0.5, 0.6) is 0 Å². The molecule has 15 heavy (non-hydrogen) atoms. The number of hydrogen-bond acceptors (Lipinski definition) is 1. The van der Waals surface area contributed by atoms with Crippen molar-refractivity contribution in [3.05, 3.63) is 64.1 Å². The third kappa shape index (κ3) is 2.64. The minimum absolute atomic E-state index is 0.918. The lowest BCUT2D eigenvalue weighted by Gasteiger charge is -2.06. The maximum Gasteiger partial charge on any atom is 0.0210 e. The Morgan fingerprint density at radius 1 is 0.867 bits per heavy atom. The fraction of sp³-hybridized carbons (Fsp3) is 0.0769. The summed E-state index contributed by atoms with van der Waals surface area (Å²) >= 11 is 8.00. The summed E-state index contributed by atoms with van der Waals surface area (Å²) in [5, 5.41) is 0. The average Bonchev–Trinajstić information content (AvgIpc) is 2.24. The van der Waals surface area contributed by atoms with Gasteiger partial charge in [-0.2, -0.15) is 0 Å². The van der Waals surface area contributed by atoms with Crippen LogP contribution in [0.2, 0.25) is 0 Å². The second-order valence-electron chi connectivity index (χ2n) is 3.40. The number of rotatable bonds is 2. The van der Waals surface area contributed by atoms with Crippen LogP contribution >= 0.6 is 28.6 Å². The van der Waals surface area contributed by atoms with Crippen molar-refractivity contribution in [2.24, 2.45) is 0 Å². The van der Waals surface area contributed by atoms with Gasteiger partial charge in [-0.3, -0.25) is 0 Å². The van der Waals surface area contributed by atoms with E-state index in [0.717, 1.165) is 15.8 Å². The van der Waals surface area contributed by atoms with Crippen molar-refractivity contribution in [3.63, 3.8) is 0 Å². The zero-order valence-electron chi connectivity index (χ0n) is 8.15. The SMILES string of the molecule is Sc1ccccc1Cc1ccccc1Br. The van der Waals surface area contributed by atoms with Crippen LogP contribution in [-0.4, -0.2) is 0 Å². The zero-order valence-corrected chi connectivity index (χ0v) is 10.6. The molecule has 0 saturated carbocycles. The Morgan fingerprint density at radius 2 is 1.47 bits per heavy atom. The van der Waals surface area contributed by atoms with Gasteiger partial charge in [0.15, 0.2) is 0 Å². The highest BCUT2D eigenvalue weighted by molar-refractivity contribution is 9.10. The quantitative estimate of drug-likeness (QED) is 0.777. The first-order valence-electron chi connectivity index (χ1n) is 4.77. The highest BCUT2D eigenvalue weighted by atomic mass is 79.9. The van der Waals surface area contributed by atoms with Gasteiger partial charge in [-0.1, -0.05) is 52.3 Å². The van der Waals surface area contributed by atoms with Gasteiger partial charge in [-0.25, -0.2) is 0 Å². The predicted octanol–water partition coefficient (Wildman–Crippen LogP) is 4.33. The van der Waals surface area contributed by atoms with Crippen LogP contribution in [0, 0.1) is 0 Å². The third-order valence-electron chi connectivity index (χ3n) is 2.33. The third-order valence-corrected chi connectivity index (χ3v) is 3.54. The van der Waals surface area contributed by atoms with Crippen LogP contribution in [0.15, 0.2) is 57.9 Å². The first kappa shape index (κ1) is 10.8. The topological polar surface area (TPSA) is 0 Å². The number of halogens is 1. The van der Waals surface area contributed by atoms with E-state index in [1.165, 1.54) is 11.1 Å². The summed E-state index contributed by atoms with van der Waals surface area (Å²) in [5.41, 5.74) is 2.55. The maximum atomic E-state index is 4.45. The highest BCUT2D eigenvalue weighted by Gasteiger charge is 2.02. The van der Waals surface area contributed by atoms with Crippen LogP contribution in [0.4, 0.5) is 0 Å². The van der Waals surface area contributed by atoms with Crippen molar-refractivity contribution in [1.82, 2.24) is 0 Å². The molecular formula is C13H11BrS. The lowest BCUT2D eigenvalue weighted by atomic mass is 10.1. The lowest BCUT2D eigenvalue weighted by Crippen LogP contribution is -1.90. The van der Waals surface area contributed by atoms with Gasteiger partial charge in [-0.05, 0) is 29.7 Å². The normalized spacial score (nSPS) is 10.3. The second kappa shape index (κ2) is 4.86. The first-order valence-corrected chi connectivity index (χ1v) is 6.01. The molecule has 0 aliphatic carbocycles. The van der Waals surface area contributed by atoms with Gasteiger partial charge in [0.2, 0.25) is 0 Å². The van der Waals surface area contributed by atoms with Gasteiger partial charge in [-0.15, -0.1) is 12.6 Å². The molecule has 0 fully saturated rings. The molecular weight excluding hydrogens is 268 g/mol. The molecule has 0 radical (unpaired) electrons. The average molecular weight is 279 g/mol. The van der Waals surface area contributed by atoms with Crippen LogP contribution in [-0.2, 0) is 6.42 Å². The number of thiol groups is 1. The van der Waals surface area contributed by atoms with Crippen molar-refractivity contribution in [1.29, 1.82) is 0 Å². The van der Waals surface area contributed by atoms with Crippen LogP contribution in [0.25, 0.3) is 0 Å². The molecule has 2 aromatic rings. The minimum Gasteiger partial charge on any atom is -0.143 e. The lowest BCUT2D eigenvalue weighted by molar-refractivity contribution is 1.12. The predicted molar refractivity (Wildman–Crippen MR) is 70.6 cm³/mol. The first-order chi connectivity index (χ1) is 7.27. The Labute approximate surface area is 104 Å².